The second-order valence-corrected chi connectivity index (χ2v) is 4.13. The minimum absolute atomic E-state index is 0.166. The van der Waals surface area contributed by atoms with Crippen LogP contribution in [0.4, 0.5) is 0 Å². The molecule has 3 heteroatoms. The van der Waals surface area contributed by atoms with E-state index in [4.69, 9.17) is 4.74 Å². The summed E-state index contributed by atoms with van der Waals surface area (Å²) in [7, 11) is 1.69. The number of rotatable bonds is 7. The first kappa shape index (κ1) is 13.7. The van der Waals surface area contributed by atoms with Crippen LogP contribution >= 0.6 is 0 Å². The topological polar surface area (TPSA) is 38.3 Å². The number of aryl methyl sites for hydroxylation is 1. The summed E-state index contributed by atoms with van der Waals surface area (Å²) in [5.74, 6) is 1.09. The summed E-state index contributed by atoms with van der Waals surface area (Å²) in [5.41, 5.74) is 2.51. The Bertz CT molecular complexity index is 374. The first-order chi connectivity index (χ1) is 8.17. The van der Waals surface area contributed by atoms with Crippen molar-refractivity contribution in [2.75, 3.05) is 20.2 Å². The molecule has 0 aliphatic heterocycles. The average molecular weight is 235 g/mol. The third kappa shape index (κ3) is 4.57. The van der Waals surface area contributed by atoms with Crippen molar-refractivity contribution in [2.24, 2.45) is 0 Å². The number of carbonyl (C=O) groups excluding carboxylic acids is 1. The van der Waals surface area contributed by atoms with Crippen LogP contribution in [0.15, 0.2) is 18.2 Å². The number of hydrogen-bond acceptors (Lipinski definition) is 3. The van der Waals surface area contributed by atoms with Crippen molar-refractivity contribution in [2.45, 2.75) is 26.7 Å². The van der Waals surface area contributed by atoms with Gasteiger partial charge in [0.25, 0.3) is 0 Å². The van der Waals surface area contributed by atoms with Gasteiger partial charge in [-0.2, -0.15) is 0 Å². The standard InChI is InChI=1S/C14H21NO2/c1-4-12-5-6-14(17-3)13(9-12)7-8-15-10-11(2)16/h5-6,9,15H,4,7-8,10H2,1-3H3. The molecule has 0 heterocycles. The zero-order valence-electron chi connectivity index (χ0n) is 10.9. The van der Waals surface area contributed by atoms with Crippen LogP contribution in [0.5, 0.6) is 5.75 Å². The zero-order chi connectivity index (χ0) is 12.7. The summed E-state index contributed by atoms with van der Waals surface area (Å²) in [5, 5.41) is 3.12. The lowest BCUT2D eigenvalue weighted by Gasteiger charge is -2.10. The Morgan fingerprint density at radius 1 is 1.41 bits per heavy atom. The van der Waals surface area contributed by atoms with Crippen LogP contribution in [0, 0.1) is 0 Å². The molecule has 0 spiro atoms. The van der Waals surface area contributed by atoms with Gasteiger partial charge in [0.2, 0.25) is 0 Å². The van der Waals surface area contributed by atoms with E-state index in [9.17, 15) is 4.79 Å². The number of methoxy groups -OCH3 is 1. The summed E-state index contributed by atoms with van der Waals surface area (Å²) >= 11 is 0. The maximum atomic E-state index is 10.8. The van der Waals surface area contributed by atoms with Gasteiger partial charge in [0, 0.05) is 0 Å². The molecule has 94 valence electrons. The second-order valence-electron chi connectivity index (χ2n) is 4.13. The van der Waals surface area contributed by atoms with Crippen LogP contribution in [0.25, 0.3) is 0 Å². The number of nitrogens with one attached hydrogen (secondary N) is 1. The smallest absolute Gasteiger partial charge is 0.143 e. The minimum atomic E-state index is 0.166. The third-order valence-corrected chi connectivity index (χ3v) is 2.70. The molecule has 0 radical (unpaired) electrons. The van der Waals surface area contributed by atoms with Crippen molar-refractivity contribution in [3.63, 3.8) is 0 Å². The Morgan fingerprint density at radius 2 is 2.18 bits per heavy atom. The van der Waals surface area contributed by atoms with Crippen molar-refractivity contribution in [3.8, 4) is 5.75 Å². The van der Waals surface area contributed by atoms with Gasteiger partial charge in [-0.25, -0.2) is 0 Å². The fourth-order valence-electron chi connectivity index (χ4n) is 1.73. The minimum Gasteiger partial charge on any atom is -0.496 e. The van der Waals surface area contributed by atoms with E-state index in [1.165, 1.54) is 11.1 Å². The Kier molecular flexibility index (Phi) is 5.70. The van der Waals surface area contributed by atoms with Crippen molar-refractivity contribution in [1.82, 2.24) is 5.32 Å². The van der Waals surface area contributed by atoms with E-state index in [2.05, 4.69) is 24.4 Å². The van der Waals surface area contributed by atoms with E-state index >= 15 is 0 Å². The molecule has 0 bridgehead atoms. The Morgan fingerprint density at radius 3 is 2.76 bits per heavy atom. The van der Waals surface area contributed by atoms with Crippen LogP contribution in [-0.4, -0.2) is 26.0 Å². The summed E-state index contributed by atoms with van der Waals surface area (Å²) in [6.45, 7) is 4.96. The summed E-state index contributed by atoms with van der Waals surface area (Å²) in [4.78, 5) is 10.8. The number of hydrogen-bond donors (Lipinski definition) is 1. The zero-order valence-corrected chi connectivity index (χ0v) is 10.9. The van der Waals surface area contributed by atoms with E-state index in [0.717, 1.165) is 25.1 Å². The van der Waals surface area contributed by atoms with Crippen molar-refractivity contribution in [1.29, 1.82) is 0 Å². The van der Waals surface area contributed by atoms with Gasteiger partial charge in [-0.1, -0.05) is 19.1 Å². The lowest BCUT2D eigenvalue weighted by atomic mass is 10.1. The molecular weight excluding hydrogens is 214 g/mol. The molecule has 0 unspecified atom stereocenters. The molecule has 0 atom stereocenters. The highest BCUT2D eigenvalue weighted by atomic mass is 16.5. The van der Waals surface area contributed by atoms with Gasteiger partial charge in [-0.15, -0.1) is 0 Å². The van der Waals surface area contributed by atoms with Crippen molar-refractivity contribution < 1.29 is 9.53 Å². The molecule has 17 heavy (non-hydrogen) atoms. The number of ketones is 1. The largest absolute Gasteiger partial charge is 0.496 e. The molecule has 0 saturated carbocycles. The van der Waals surface area contributed by atoms with Gasteiger partial charge in [0.15, 0.2) is 0 Å². The number of ether oxygens (including phenoxy) is 1. The van der Waals surface area contributed by atoms with Gasteiger partial charge >= 0.3 is 0 Å². The van der Waals surface area contributed by atoms with Crippen LogP contribution in [-0.2, 0) is 17.6 Å². The molecule has 1 rings (SSSR count). The maximum Gasteiger partial charge on any atom is 0.143 e. The molecule has 0 aliphatic carbocycles. The fraction of sp³-hybridized carbons (Fsp3) is 0.500. The summed E-state index contributed by atoms with van der Waals surface area (Å²) < 4.78 is 5.33. The molecule has 1 N–H and O–H groups in total. The SMILES string of the molecule is CCc1ccc(OC)c(CCNCC(C)=O)c1. The predicted molar refractivity (Wildman–Crippen MR) is 69.6 cm³/mol. The Labute approximate surface area is 103 Å². The molecule has 0 saturated heterocycles. The third-order valence-electron chi connectivity index (χ3n) is 2.70. The Balaban J connectivity index is 2.58. The molecule has 3 nitrogen and oxygen atoms in total. The lowest BCUT2D eigenvalue weighted by Crippen LogP contribution is -2.23. The van der Waals surface area contributed by atoms with Gasteiger partial charge in [0.05, 0.1) is 13.7 Å². The quantitative estimate of drug-likeness (QED) is 0.734. The molecule has 1 aromatic carbocycles. The highest BCUT2D eigenvalue weighted by Crippen LogP contribution is 2.20. The highest BCUT2D eigenvalue weighted by molar-refractivity contribution is 5.77. The molecule has 0 aliphatic rings. The van der Waals surface area contributed by atoms with Gasteiger partial charge in [0.1, 0.15) is 11.5 Å². The summed E-state index contributed by atoms with van der Waals surface area (Å²) in [6, 6.07) is 6.28. The van der Waals surface area contributed by atoms with Crippen molar-refractivity contribution >= 4 is 5.78 Å². The monoisotopic (exact) mass is 235 g/mol. The van der Waals surface area contributed by atoms with Crippen LogP contribution in [0.1, 0.15) is 25.0 Å². The van der Waals surface area contributed by atoms with Crippen LogP contribution in [0.2, 0.25) is 0 Å². The lowest BCUT2D eigenvalue weighted by molar-refractivity contribution is -0.116. The highest BCUT2D eigenvalue weighted by Gasteiger charge is 2.03. The van der Waals surface area contributed by atoms with Crippen LogP contribution in [0.3, 0.4) is 0 Å². The van der Waals surface area contributed by atoms with Crippen molar-refractivity contribution in [3.05, 3.63) is 29.3 Å². The first-order valence-electron chi connectivity index (χ1n) is 6.03. The maximum absolute atomic E-state index is 10.8. The predicted octanol–water partition coefficient (Wildman–Crippen LogP) is 1.98. The molecule has 0 fully saturated rings. The molecule has 0 amide bonds. The average Bonchev–Trinajstić information content (AvgIpc) is 2.34. The second kappa shape index (κ2) is 7.07. The Hall–Kier alpha value is -1.35. The molecule has 1 aromatic rings. The van der Waals surface area contributed by atoms with E-state index in [1.54, 1.807) is 14.0 Å². The first-order valence-corrected chi connectivity index (χ1v) is 6.03. The molecular formula is C14H21NO2. The van der Waals surface area contributed by atoms with E-state index in [1.807, 2.05) is 6.07 Å². The van der Waals surface area contributed by atoms with E-state index in [-0.39, 0.29) is 5.78 Å². The van der Waals surface area contributed by atoms with Gasteiger partial charge in [-0.05, 0) is 43.5 Å². The number of carbonyl (C=O) groups is 1. The van der Waals surface area contributed by atoms with Crippen LogP contribution < -0.4 is 10.1 Å². The normalized spacial score (nSPS) is 10.3. The number of Topliss-reactive ketones (excluding diaryl/α,β-unsaturated/α-hetero) is 1. The van der Waals surface area contributed by atoms with Gasteiger partial charge in [-0.3, -0.25) is 4.79 Å². The summed E-state index contributed by atoms with van der Waals surface area (Å²) in [6.07, 6.45) is 1.90. The molecule has 0 aromatic heterocycles. The fourth-order valence-corrected chi connectivity index (χ4v) is 1.73. The van der Waals surface area contributed by atoms with E-state index < -0.39 is 0 Å². The number of benzene rings is 1. The van der Waals surface area contributed by atoms with Gasteiger partial charge < -0.3 is 10.1 Å². The van der Waals surface area contributed by atoms with E-state index in [0.29, 0.717) is 6.54 Å².